The molecule has 1 fully saturated rings. The second kappa shape index (κ2) is 5.05. The number of hydrogen-bond donors (Lipinski definition) is 2. The van der Waals surface area contributed by atoms with Crippen LogP contribution in [-0.4, -0.2) is 21.1 Å². The molecule has 1 saturated carbocycles. The Balaban J connectivity index is 1.66. The highest BCUT2D eigenvalue weighted by Gasteiger charge is 2.30. The minimum absolute atomic E-state index is 0.647. The van der Waals surface area contributed by atoms with Crippen molar-refractivity contribution in [2.75, 3.05) is 5.43 Å². The molecule has 1 aliphatic carbocycles. The molecule has 18 heavy (non-hydrogen) atoms. The predicted molar refractivity (Wildman–Crippen MR) is 68.7 cm³/mol. The fraction of sp³-hybridized carbons (Fsp3) is 0.455. The van der Waals surface area contributed by atoms with Gasteiger partial charge in [0.1, 0.15) is 10.8 Å². The molecule has 0 aliphatic heterocycles. The molecule has 3 rings (SSSR count). The summed E-state index contributed by atoms with van der Waals surface area (Å²) in [6.07, 6.45) is 4.21. The second-order valence-corrected chi connectivity index (χ2v) is 5.42. The summed E-state index contributed by atoms with van der Waals surface area (Å²) >= 11 is 1.49. The van der Waals surface area contributed by atoms with Gasteiger partial charge < -0.3 is 4.42 Å². The second-order valence-electron chi connectivity index (χ2n) is 4.36. The van der Waals surface area contributed by atoms with E-state index in [4.69, 9.17) is 10.3 Å². The van der Waals surface area contributed by atoms with Crippen LogP contribution in [-0.2, 0) is 13.1 Å². The number of nitrogens with one attached hydrogen (secondary N) is 1. The number of nitrogen functional groups attached to an aromatic ring is 1. The van der Waals surface area contributed by atoms with Gasteiger partial charge in [-0.2, -0.15) is 0 Å². The van der Waals surface area contributed by atoms with Crippen molar-refractivity contribution in [3.8, 4) is 0 Å². The summed E-state index contributed by atoms with van der Waals surface area (Å²) in [7, 11) is 0. The lowest BCUT2D eigenvalue weighted by molar-refractivity contribution is 0.224. The van der Waals surface area contributed by atoms with Crippen LogP contribution in [0.15, 0.2) is 22.8 Å². The van der Waals surface area contributed by atoms with Gasteiger partial charge in [0.15, 0.2) is 0 Å². The molecule has 0 aromatic carbocycles. The number of hydrazine groups is 1. The van der Waals surface area contributed by atoms with Crippen LogP contribution in [0.5, 0.6) is 0 Å². The molecule has 1 aliphatic rings. The minimum Gasteiger partial charge on any atom is -0.468 e. The van der Waals surface area contributed by atoms with Crippen molar-refractivity contribution >= 4 is 16.5 Å². The number of rotatable bonds is 6. The molecule has 2 heterocycles. The zero-order valence-electron chi connectivity index (χ0n) is 9.87. The number of hydrogen-bond acceptors (Lipinski definition) is 7. The summed E-state index contributed by atoms with van der Waals surface area (Å²) in [5.41, 5.74) is 2.52. The molecule has 0 unspecified atom stereocenters. The highest BCUT2D eigenvalue weighted by Crippen LogP contribution is 2.30. The Morgan fingerprint density at radius 3 is 2.94 bits per heavy atom. The van der Waals surface area contributed by atoms with Crippen molar-refractivity contribution in [3.05, 3.63) is 29.2 Å². The zero-order valence-corrected chi connectivity index (χ0v) is 10.7. The van der Waals surface area contributed by atoms with Crippen molar-refractivity contribution in [2.24, 2.45) is 5.84 Å². The summed E-state index contributed by atoms with van der Waals surface area (Å²) in [6.45, 7) is 1.62. The molecular weight excluding hydrogens is 250 g/mol. The quantitative estimate of drug-likeness (QED) is 0.610. The average molecular weight is 265 g/mol. The van der Waals surface area contributed by atoms with Crippen molar-refractivity contribution < 1.29 is 4.42 Å². The monoisotopic (exact) mass is 265 g/mol. The summed E-state index contributed by atoms with van der Waals surface area (Å²) in [4.78, 5) is 2.37. The van der Waals surface area contributed by atoms with E-state index in [1.54, 1.807) is 6.26 Å². The lowest BCUT2D eigenvalue weighted by Gasteiger charge is -2.18. The SMILES string of the molecule is NNc1nnc(CN(Cc2ccco2)C2CC2)s1. The average Bonchev–Trinajstić information content (AvgIpc) is 2.92. The third-order valence-electron chi connectivity index (χ3n) is 2.93. The van der Waals surface area contributed by atoms with Crippen LogP contribution in [0, 0.1) is 0 Å². The van der Waals surface area contributed by atoms with E-state index in [0.717, 1.165) is 23.9 Å². The topological polar surface area (TPSA) is 80.2 Å². The molecule has 96 valence electrons. The van der Waals surface area contributed by atoms with E-state index < -0.39 is 0 Å². The third kappa shape index (κ3) is 2.69. The van der Waals surface area contributed by atoms with Gasteiger partial charge in [0.25, 0.3) is 0 Å². The highest BCUT2D eigenvalue weighted by atomic mass is 32.1. The van der Waals surface area contributed by atoms with Crippen molar-refractivity contribution in [1.29, 1.82) is 0 Å². The number of aromatic nitrogens is 2. The van der Waals surface area contributed by atoms with Crippen molar-refractivity contribution in [1.82, 2.24) is 15.1 Å². The van der Waals surface area contributed by atoms with Gasteiger partial charge in [-0.05, 0) is 25.0 Å². The first-order valence-electron chi connectivity index (χ1n) is 5.90. The molecule has 2 aromatic heterocycles. The van der Waals surface area contributed by atoms with Gasteiger partial charge >= 0.3 is 0 Å². The van der Waals surface area contributed by atoms with Gasteiger partial charge in [0.2, 0.25) is 5.13 Å². The lowest BCUT2D eigenvalue weighted by atomic mass is 10.4. The lowest BCUT2D eigenvalue weighted by Crippen LogP contribution is -2.24. The van der Waals surface area contributed by atoms with Crippen LogP contribution in [0.2, 0.25) is 0 Å². The highest BCUT2D eigenvalue weighted by molar-refractivity contribution is 7.15. The van der Waals surface area contributed by atoms with Gasteiger partial charge in [-0.1, -0.05) is 11.3 Å². The van der Waals surface area contributed by atoms with Gasteiger partial charge in [0.05, 0.1) is 19.4 Å². The van der Waals surface area contributed by atoms with Gasteiger partial charge in [-0.3, -0.25) is 10.3 Å². The molecule has 2 aromatic rings. The van der Waals surface area contributed by atoms with Crippen LogP contribution in [0.25, 0.3) is 0 Å². The number of nitrogens with two attached hydrogens (primary N) is 1. The van der Waals surface area contributed by atoms with Gasteiger partial charge in [0, 0.05) is 6.04 Å². The van der Waals surface area contributed by atoms with Gasteiger partial charge in [-0.15, -0.1) is 10.2 Å². The molecule has 0 radical (unpaired) electrons. The first-order valence-corrected chi connectivity index (χ1v) is 6.72. The Bertz CT molecular complexity index is 493. The van der Waals surface area contributed by atoms with E-state index in [1.807, 2.05) is 12.1 Å². The third-order valence-corrected chi connectivity index (χ3v) is 3.77. The molecule has 0 spiro atoms. The van der Waals surface area contributed by atoms with E-state index in [9.17, 15) is 0 Å². The summed E-state index contributed by atoms with van der Waals surface area (Å²) < 4.78 is 5.40. The number of nitrogens with zero attached hydrogens (tertiary/aromatic N) is 3. The van der Waals surface area contributed by atoms with E-state index in [1.165, 1.54) is 24.2 Å². The minimum atomic E-state index is 0.647. The Kier molecular flexibility index (Phi) is 3.26. The molecular formula is C11H15N5OS. The van der Waals surface area contributed by atoms with Crippen LogP contribution < -0.4 is 11.3 Å². The molecule has 6 nitrogen and oxygen atoms in total. The first kappa shape index (κ1) is 11.6. The predicted octanol–water partition coefficient (Wildman–Crippen LogP) is 1.58. The van der Waals surface area contributed by atoms with Crippen LogP contribution in [0.1, 0.15) is 23.6 Å². The van der Waals surface area contributed by atoms with E-state index >= 15 is 0 Å². The summed E-state index contributed by atoms with van der Waals surface area (Å²) in [5, 5.41) is 9.69. The van der Waals surface area contributed by atoms with Crippen molar-refractivity contribution in [2.45, 2.75) is 32.0 Å². The Morgan fingerprint density at radius 2 is 2.33 bits per heavy atom. The van der Waals surface area contributed by atoms with Gasteiger partial charge in [-0.25, -0.2) is 5.84 Å². The Labute approximate surface area is 109 Å². The van der Waals surface area contributed by atoms with Crippen molar-refractivity contribution in [3.63, 3.8) is 0 Å². The smallest absolute Gasteiger partial charge is 0.219 e. The normalized spacial score (nSPS) is 15.2. The van der Waals surface area contributed by atoms with E-state index in [0.29, 0.717) is 11.2 Å². The molecule has 0 bridgehead atoms. The van der Waals surface area contributed by atoms with Crippen LogP contribution in [0.4, 0.5) is 5.13 Å². The van der Waals surface area contributed by atoms with E-state index in [-0.39, 0.29) is 0 Å². The maximum atomic E-state index is 5.40. The number of furan rings is 1. The summed E-state index contributed by atoms with van der Waals surface area (Å²) in [5.74, 6) is 6.29. The van der Waals surface area contributed by atoms with Crippen LogP contribution >= 0.6 is 11.3 Å². The summed E-state index contributed by atoms with van der Waals surface area (Å²) in [6, 6.07) is 4.57. The zero-order chi connectivity index (χ0) is 12.4. The standard InChI is InChI=1S/C11H15N5OS/c12-13-11-15-14-10(18-11)7-16(8-3-4-8)6-9-2-1-5-17-9/h1-2,5,8H,3-4,6-7,12H2,(H,13,15). The molecule has 0 amide bonds. The Morgan fingerprint density at radius 1 is 1.44 bits per heavy atom. The number of anilines is 1. The fourth-order valence-corrected chi connectivity index (χ4v) is 2.58. The molecule has 7 heteroatoms. The Hall–Kier alpha value is -1.44. The maximum Gasteiger partial charge on any atom is 0.219 e. The molecule has 3 N–H and O–H groups in total. The molecule has 0 atom stereocenters. The molecule has 0 saturated heterocycles. The maximum absolute atomic E-state index is 5.40. The van der Waals surface area contributed by atoms with E-state index in [2.05, 4.69) is 20.5 Å². The largest absolute Gasteiger partial charge is 0.468 e. The first-order chi connectivity index (χ1) is 8.85. The fourth-order valence-electron chi connectivity index (χ4n) is 1.91. The van der Waals surface area contributed by atoms with Crippen LogP contribution in [0.3, 0.4) is 0 Å².